The molecule has 0 heterocycles. The van der Waals surface area contributed by atoms with Gasteiger partial charge in [0.2, 0.25) is 0 Å². The van der Waals surface area contributed by atoms with Crippen LogP contribution in [0.2, 0.25) is 0 Å². The van der Waals surface area contributed by atoms with Crippen LogP contribution in [0.1, 0.15) is 25.0 Å². The maximum absolute atomic E-state index is 4.03. The highest BCUT2D eigenvalue weighted by atomic mass is 14.1. The molecule has 0 fully saturated rings. The van der Waals surface area contributed by atoms with E-state index in [2.05, 4.69) is 117 Å². The second-order valence-corrected chi connectivity index (χ2v) is 9.74. The number of benzene rings is 6. The molecule has 0 saturated carbocycles. The Labute approximate surface area is 225 Å². The molecule has 0 spiro atoms. The van der Waals surface area contributed by atoms with Gasteiger partial charge in [0.15, 0.2) is 0 Å². The number of hydrogen-bond donors (Lipinski definition) is 0. The van der Waals surface area contributed by atoms with Crippen LogP contribution in [0.25, 0.3) is 66.4 Å². The van der Waals surface area contributed by atoms with E-state index in [1.54, 1.807) is 6.08 Å². The third-order valence-electron chi connectivity index (χ3n) is 7.07. The van der Waals surface area contributed by atoms with Gasteiger partial charge in [-0.1, -0.05) is 141 Å². The molecule has 0 amide bonds. The molecule has 184 valence electrons. The van der Waals surface area contributed by atoms with Crippen LogP contribution in [0.15, 0.2) is 135 Å². The molecule has 0 nitrogen and oxygen atoms in total. The van der Waals surface area contributed by atoms with Gasteiger partial charge >= 0.3 is 0 Å². The zero-order valence-electron chi connectivity index (χ0n) is 22.2. The molecule has 0 radical (unpaired) electrons. The molecule has 38 heavy (non-hydrogen) atoms. The summed E-state index contributed by atoms with van der Waals surface area (Å²) in [4.78, 5) is 0. The maximum Gasteiger partial charge on any atom is -0.00987 e. The Balaban J connectivity index is 0.000000443. The van der Waals surface area contributed by atoms with Crippen molar-refractivity contribution in [1.82, 2.24) is 0 Å². The first-order valence-electron chi connectivity index (χ1n) is 13.0. The van der Waals surface area contributed by atoms with Crippen LogP contribution >= 0.6 is 0 Å². The van der Waals surface area contributed by atoms with Gasteiger partial charge in [-0.3, -0.25) is 0 Å². The van der Waals surface area contributed by atoms with Crippen molar-refractivity contribution < 1.29 is 0 Å². The molecule has 6 aromatic carbocycles. The molecule has 6 aromatic rings. The van der Waals surface area contributed by atoms with Crippen LogP contribution in [0.3, 0.4) is 0 Å². The van der Waals surface area contributed by atoms with E-state index in [1.807, 2.05) is 32.1 Å². The second-order valence-electron chi connectivity index (χ2n) is 9.74. The number of allylic oxidation sites excluding steroid dienone is 3. The Kier molecular flexibility index (Phi) is 7.07. The summed E-state index contributed by atoms with van der Waals surface area (Å²) < 4.78 is 0. The monoisotopic (exact) mass is 488 g/mol. The lowest BCUT2D eigenvalue weighted by Gasteiger charge is -2.13. The third kappa shape index (κ3) is 4.58. The van der Waals surface area contributed by atoms with Crippen molar-refractivity contribution in [2.75, 3.05) is 0 Å². The number of rotatable bonds is 4. The third-order valence-corrected chi connectivity index (χ3v) is 7.07. The number of fused-ring (bicyclic) bond motifs is 7. The minimum absolute atomic E-state index is 1.12. The van der Waals surface area contributed by atoms with E-state index in [1.165, 1.54) is 59.8 Å². The van der Waals surface area contributed by atoms with Gasteiger partial charge in [0.1, 0.15) is 0 Å². The summed E-state index contributed by atoms with van der Waals surface area (Å²) in [6.45, 7) is 15.6. The topological polar surface area (TPSA) is 0 Å². The summed E-state index contributed by atoms with van der Waals surface area (Å²) in [6.07, 6.45) is 7.59. The predicted octanol–water partition coefficient (Wildman–Crippen LogP) is 11.4. The first-order valence-corrected chi connectivity index (χ1v) is 13.0. The molecule has 0 atom stereocenters. The van der Waals surface area contributed by atoms with Crippen molar-refractivity contribution in [3.05, 3.63) is 146 Å². The van der Waals surface area contributed by atoms with Gasteiger partial charge in [0.05, 0.1) is 0 Å². The standard InChI is InChI=1S/C32H22.C6H10/c1-3-21-10-14-29-27(25(21)4-2)16-18-32-30-15-12-24-20-23(22-8-6-5-7-9-22)11-13-26(24)28(30)17-19-31(29)32;1-4-5-6(2)3/h3-20H,1-2H2;4-5H,1H2,2-3H3. The van der Waals surface area contributed by atoms with Crippen LogP contribution in [-0.4, -0.2) is 0 Å². The van der Waals surface area contributed by atoms with Crippen LogP contribution in [0.4, 0.5) is 0 Å². The lowest BCUT2D eigenvalue weighted by molar-refractivity contribution is 1.40. The van der Waals surface area contributed by atoms with Gasteiger partial charge in [-0.2, -0.15) is 0 Å². The van der Waals surface area contributed by atoms with Crippen LogP contribution in [0, 0.1) is 0 Å². The van der Waals surface area contributed by atoms with Crippen LogP contribution in [-0.2, 0) is 0 Å². The summed E-state index contributed by atoms with van der Waals surface area (Å²) in [5, 5.41) is 10.2. The average molecular weight is 489 g/mol. The molecule has 6 rings (SSSR count). The smallest absolute Gasteiger partial charge is 0.00987 e. The predicted molar refractivity (Wildman–Crippen MR) is 172 cm³/mol. The van der Waals surface area contributed by atoms with E-state index in [0.29, 0.717) is 0 Å². The lowest BCUT2D eigenvalue weighted by atomic mass is 9.91. The average Bonchev–Trinajstić information content (AvgIpc) is 2.96. The molecule has 0 aliphatic heterocycles. The minimum atomic E-state index is 1.12. The van der Waals surface area contributed by atoms with Crippen molar-refractivity contribution in [1.29, 1.82) is 0 Å². The van der Waals surface area contributed by atoms with E-state index < -0.39 is 0 Å². The van der Waals surface area contributed by atoms with Crippen molar-refractivity contribution in [2.24, 2.45) is 0 Å². The summed E-state index contributed by atoms with van der Waals surface area (Å²) >= 11 is 0. The first kappa shape index (κ1) is 25.0. The van der Waals surface area contributed by atoms with E-state index >= 15 is 0 Å². The highest BCUT2D eigenvalue weighted by molar-refractivity contribution is 6.23. The van der Waals surface area contributed by atoms with E-state index in [0.717, 1.165) is 11.1 Å². The summed E-state index contributed by atoms with van der Waals surface area (Å²) in [7, 11) is 0. The molecule has 0 unspecified atom stereocenters. The fourth-order valence-corrected chi connectivity index (χ4v) is 5.27. The lowest BCUT2D eigenvalue weighted by Crippen LogP contribution is -1.87. The van der Waals surface area contributed by atoms with Crippen LogP contribution in [0.5, 0.6) is 0 Å². The van der Waals surface area contributed by atoms with Crippen molar-refractivity contribution in [3.63, 3.8) is 0 Å². The Morgan fingerprint density at radius 3 is 1.66 bits per heavy atom. The van der Waals surface area contributed by atoms with Gasteiger partial charge in [-0.05, 0) is 85.3 Å². The van der Waals surface area contributed by atoms with E-state index in [9.17, 15) is 0 Å². The molecule has 0 bridgehead atoms. The van der Waals surface area contributed by atoms with Gasteiger partial charge in [-0.25, -0.2) is 0 Å². The SMILES string of the molecule is C=CC=C(C)C.C=Cc1ccc2c(ccc3c2ccc2c4ccc(-c5ccccc5)cc4ccc23)c1C=C. The van der Waals surface area contributed by atoms with Gasteiger partial charge < -0.3 is 0 Å². The van der Waals surface area contributed by atoms with Crippen molar-refractivity contribution in [3.8, 4) is 11.1 Å². The second kappa shape index (κ2) is 10.7. The zero-order chi connectivity index (χ0) is 26.6. The minimum Gasteiger partial charge on any atom is -0.0991 e. The largest absolute Gasteiger partial charge is 0.0991 e. The quantitative estimate of drug-likeness (QED) is 0.171. The Morgan fingerprint density at radius 2 is 1.08 bits per heavy atom. The highest BCUT2D eigenvalue weighted by Gasteiger charge is 2.10. The normalized spacial score (nSPS) is 10.7. The van der Waals surface area contributed by atoms with Gasteiger partial charge in [0, 0.05) is 0 Å². The highest BCUT2D eigenvalue weighted by Crippen LogP contribution is 2.37. The Hall–Kier alpha value is -4.68. The summed E-state index contributed by atoms with van der Waals surface area (Å²) in [5.74, 6) is 0. The van der Waals surface area contributed by atoms with Gasteiger partial charge in [-0.15, -0.1) is 0 Å². The van der Waals surface area contributed by atoms with Crippen molar-refractivity contribution in [2.45, 2.75) is 13.8 Å². The molecule has 0 N–H and O–H groups in total. The molecular formula is C38H32. The first-order chi connectivity index (χ1) is 18.5. The Morgan fingerprint density at radius 1 is 0.526 bits per heavy atom. The van der Waals surface area contributed by atoms with E-state index in [4.69, 9.17) is 0 Å². The molecule has 0 aliphatic carbocycles. The summed E-state index contributed by atoms with van der Waals surface area (Å²) in [6, 6.07) is 35.2. The van der Waals surface area contributed by atoms with E-state index in [-0.39, 0.29) is 0 Å². The van der Waals surface area contributed by atoms with Crippen molar-refractivity contribution >= 4 is 55.2 Å². The Bertz CT molecular complexity index is 1860. The zero-order valence-corrected chi connectivity index (χ0v) is 22.2. The molecular weight excluding hydrogens is 456 g/mol. The maximum atomic E-state index is 4.03. The number of hydrogen-bond acceptors (Lipinski definition) is 0. The summed E-state index contributed by atoms with van der Waals surface area (Å²) in [5.41, 5.74) is 6.06. The molecule has 0 heteroatoms. The van der Waals surface area contributed by atoms with Crippen LogP contribution < -0.4 is 0 Å². The fraction of sp³-hybridized carbons (Fsp3) is 0.0526. The molecule has 0 aliphatic rings. The molecule has 0 aromatic heterocycles. The molecule has 0 saturated heterocycles. The van der Waals surface area contributed by atoms with Gasteiger partial charge in [0.25, 0.3) is 0 Å². The fourth-order valence-electron chi connectivity index (χ4n) is 5.27.